The standard InChI is InChI=1S/C21H36N6S.HI/c1-3-22-20(26-9-6-18(16-26)19-14-24-25(2)15-19)23-17-21(7-4-5-8-21)27-10-12-28-13-11-27;/h14-15,18H,3-13,16-17H2,1-2H3,(H,22,23);1H. The van der Waals surface area contributed by atoms with Gasteiger partial charge in [0.15, 0.2) is 5.96 Å². The van der Waals surface area contributed by atoms with E-state index < -0.39 is 0 Å². The van der Waals surface area contributed by atoms with Crippen LogP contribution in [0.15, 0.2) is 17.4 Å². The van der Waals surface area contributed by atoms with Crippen LogP contribution in [0, 0.1) is 0 Å². The molecule has 2 saturated heterocycles. The number of hydrogen-bond acceptors (Lipinski definition) is 4. The quantitative estimate of drug-likeness (QED) is 0.359. The number of halogens is 1. The van der Waals surface area contributed by atoms with Gasteiger partial charge in [0.1, 0.15) is 0 Å². The third-order valence-corrected chi connectivity index (χ3v) is 7.70. The Morgan fingerprint density at radius 1 is 1.28 bits per heavy atom. The predicted molar refractivity (Wildman–Crippen MR) is 134 cm³/mol. The van der Waals surface area contributed by atoms with Gasteiger partial charge in [0, 0.05) is 68.9 Å². The third kappa shape index (κ3) is 5.42. The van der Waals surface area contributed by atoms with Gasteiger partial charge in [-0.15, -0.1) is 24.0 Å². The van der Waals surface area contributed by atoms with Crippen LogP contribution in [0.4, 0.5) is 0 Å². The number of aryl methyl sites for hydroxylation is 1. The monoisotopic (exact) mass is 532 g/mol. The molecule has 1 N–H and O–H groups in total. The molecule has 8 heteroatoms. The van der Waals surface area contributed by atoms with Crippen molar-refractivity contribution in [2.24, 2.45) is 12.0 Å². The third-order valence-electron chi connectivity index (χ3n) is 6.76. The van der Waals surface area contributed by atoms with Gasteiger partial charge in [-0.25, -0.2) is 0 Å². The average Bonchev–Trinajstić information content (AvgIpc) is 3.47. The van der Waals surface area contributed by atoms with Crippen molar-refractivity contribution < 1.29 is 0 Å². The molecule has 1 aromatic rings. The maximum Gasteiger partial charge on any atom is 0.194 e. The van der Waals surface area contributed by atoms with Crippen LogP contribution in [-0.2, 0) is 7.05 Å². The number of aliphatic imine (C=N–C) groups is 1. The smallest absolute Gasteiger partial charge is 0.194 e. The first-order chi connectivity index (χ1) is 13.7. The first kappa shape index (κ1) is 23.2. The molecular weight excluding hydrogens is 495 g/mol. The van der Waals surface area contributed by atoms with E-state index in [2.05, 4.69) is 45.1 Å². The van der Waals surface area contributed by atoms with Crippen LogP contribution in [0.25, 0.3) is 0 Å². The van der Waals surface area contributed by atoms with Crippen molar-refractivity contribution in [2.75, 3.05) is 50.8 Å². The number of thioether (sulfide) groups is 1. The van der Waals surface area contributed by atoms with Crippen molar-refractivity contribution >= 4 is 41.7 Å². The highest BCUT2D eigenvalue weighted by Gasteiger charge is 2.40. The molecule has 3 heterocycles. The van der Waals surface area contributed by atoms with Gasteiger partial charge in [-0.05, 0) is 31.7 Å². The molecule has 0 radical (unpaired) electrons. The largest absolute Gasteiger partial charge is 0.357 e. The number of nitrogens with one attached hydrogen (secondary N) is 1. The van der Waals surface area contributed by atoms with Crippen LogP contribution in [0.3, 0.4) is 0 Å². The second-order valence-corrected chi connectivity index (χ2v) is 9.80. The molecule has 6 nitrogen and oxygen atoms in total. The summed E-state index contributed by atoms with van der Waals surface area (Å²) in [6, 6.07) is 0. The van der Waals surface area contributed by atoms with Crippen LogP contribution in [-0.4, -0.2) is 81.9 Å². The van der Waals surface area contributed by atoms with Crippen LogP contribution in [0.2, 0.25) is 0 Å². The molecule has 0 spiro atoms. The topological polar surface area (TPSA) is 48.7 Å². The zero-order valence-electron chi connectivity index (χ0n) is 18.0. The van der Waals surface area contributed by atoms with Crippen LogP contribution < -0.4 is 5.32 Å². The molecule has 1 unspecified atom stereocenters. The van der Waals surface area contributed by atoms with Gasteiger partial charge in [0.2, 0.25) is 0 Å². The van der Waals surface area contributed by atoms with Gasteiger partial charge in [0.05, 0.1) is 12.7 Å². The molecule has 29 heavy (non-hydrogen) atoms. The molecule has 1 saturated carbocycles. The first-order valence-electron chi connectivity index (χ1n) is 11.0. The first-order valence-corrected chi connectivity index (χ1v) is 12.2. The lowest BCUT2D eigenvalue weighted by Gasteiger charge is -2.42. The molecule has 1 aromatic heterocycles. The Morgan fingerprint density at radius 3 is 2.69 bits per heavy atom. The molecule has 4 rings (SSSR count). The second-order valence-electron chi connectivity index (χ2n) is 8.58. The Balaban J connectivity index is 0.00000240. The molecule has 1 aliphatic carbocycles. The van der Waals surface area contributed by atoms with E-state index >= 15 is 0 Å². The molecule has 3 fully saturated rings. The fourth-order valence-corrected chi connectivity index (χ4v) is 6.07. The summed E-state index contributed by atoms with van der Waals surface area (Å²) in [5.41, 5.74) is 1.67. The highest BCUT2D eigenvalue weighted by Crippen LogP contribution is 2.37. The summed E-state index contributed by atoms with van der Waals surface area (Å²) in [5, 5.41) is 7.94. The zero-order valence-corrected chi connectivity index (χ0v) is 21.1. The minimum Gasteiger partial charge on any atom is -0.357 e. The fourth-order valence-electron chi connectivity index (χ4n) is 5.17. The van der Waals surface area contributed by atoms with Gasteiger partial charge >= 0.3 is 0 Å². The van der Waals surface area contributed by atoms with Gasteiger partial charge in [-0.3, -0.25) is 14.6 Å². The summed E-state index contributed by atoms with van der Waals surface area (Å²) in [6.07, 6.45) is 10.7. The Kier molecular flexibility index (Phi) is 8.56. The van der Waals surface area contributed by atoms with E-state index in [1.807, 2.05) is 17.9 Å². The van der Waals surface area contributed by atoms with Crippen molar-refractivity contribution in [3.8, 4) is 0 Å². The van der Waals surface area contributed by atoms with E-state index in [1.54, 1.807) is 0 Å². The van der Waals surface area contributed by atoms with E-state index in [0.29, 0.717) is 11.5 Å². The van der Waals surface area contributed by atoms with Gasteiger partial charge < -0.3 is 10.2 Å². The van der Waals surface area contributed by atoms with Crippen molar-refractivity contribution in [1.29, 1.82) is 0 Å². The van der Waals surface area contributed by atoms with E-state index in [1.165, 1.54) is 62.3 Å². The Bertz CT molecular complexity index is 666. The van der Waals surface area contributed by atoms with Crippen molar-refractivity contribution in [3.63, 3.8) is 0 Å². The Hall–Kier alpha value is -0.480. The number of likely N-dealkylation sites (tertiary alicyclic amines) is 1. The molecule has 3 aliphatic rings. The Morgan fingerprint density at radius 2 is 2.03 bits per heavy atom. The van der Waals surface area contributed by atoms with E-state index in [4.69, 9.17) is 4.99 Å². The number of guanidine groups is 1. The molecule has 0 bridgehead atoms. The summed E-state index contributed by atoms with van der Waals surface area (Å²) < 4.78 is 1.91. The van der Waals surface area contributed by atoms with Crippen molar-refractivity contribution in [1.82, 2.24) is 24.9 Å². The lowest BCUT2D eigenvalue weighted by atomic mass is 9.95. The summed E-state index contributed by atoms with van der Waals surface area (Å²) in [7, 11) is 2.00. The molecule has 0 aromatic carbocycles. The predicted octanol–water partition coefficient (Wildman–Crippen LogP) is 3.15. The second kappa shape index (κ2) is 10.7. The highest BCUT2D eigenvalue weighted by atomic mass is 127. The minimum absolute atomic E-state index is 0. The molecule has 1 atom stereocenters. The van der Waals surface area contributed by atoms with Gasteiger partial charge in [-0.2, -0.15) is 16.9 Å². The van der Waals surface area contributed by atoms with Crippen LogP contribution in [0.5, 0.6) is 0 Å². The fraction of sp³-hybridized carbons (Fsp3) is 0.810. The number of hydrogen-bond donors (Lipinski definition) is 1. The maximum atomic E-state index is 5.22. The van der Waals surface area contributed by atoms with E-state index in [0.717, 1.165) is 32.1 Å². The summed E-state index contributed by atoms with van der Waals surface area (Å²) in [5.74, 6) is 4.25. The summed E-state index contributed by atoms with van der Waals surface area (Å²) >= 11 is 2.10. The Labute approximate surface area is 197 Å². The zero-order chi connectivity index (χ0) is 19.4. The summed E-state index contributed by atoms with van der Waals surface area (Å²) in [6.45, 7) is 8.67. The lowest BCUT2D eigenvalue weighted by molar-refractivity contribution is 0.112. The molecule has 164 valence electrons. The van der Waals surface area contributed by atoms with E-state index in [9.17, 15) is 0 Å². The molecular formula is C21H37IN6S. The lowest BCUT2D eigenvalue weighted by Crippen LogP contribution is -2.53. The van der Waals surface area contributed by atoms with Crippen molar-refractivity contribution in [2.45, 2.75) is 50.5 Å². The van der Waals surface area contributed by atoms with Crippen LogP contribution in [0.1, 0.15) is 50.5 Å². The van der Waals surface area contributed by atoms with Gasteiger partial charge in [0.25, 0.3) is 0 Å². The normalized spacial score (nSPS) is 25.2. The number of rotatable bonds is 5. The van der Waals surface area contributed by atoms with Crippen molar-refractivity contribution in [3.05, 3.63) is 18.0 Å². The van der Waals surface area contributed by atoms with Gasteiger partial charge in [-0.1, -0.05) is 12.8 Å². The molecule has 2 aliphatic heterocycles. The minimum atomic E-state index is 0. The SMILES string of the molecule is CCNC(=NCC1(N2CCSCC2)CCCC1)N1CCC(c2cnn(C)c2)C1.I. The number of nitrogens with zero attached hydrogens (tertiary/aromatic N) is 5. The van der Waals surface area contributed by atoms with E-state index in [-0.39, 0.29) is 24.0 Å². The van der Waals surface area contributed by atoms with Crippen LogP contribution >= 0.6 is 35.7 Å². The average molecular weight is 533 g/mol. The molecule has 0 amide bonds. The maximum absolute atomic E-state index is 5.22. The highest BCUT2D eigenvalue weighted by molar-refractivity contribution is 14.0. The number of aromatic nitrogens is 2. The summed E-state index contributed by atoms with van der Waals surface area (Å²) in [4.78, 5) is 10.5.